The third kappa shape index (κ3) is 3.38. The lowest BCUT2D eigenvalue weighted by Crippen LogP contribution is -2.71. The van der Waals surface area contributed by atoms with Crippen LogP contribution in [0.4, 0.5) is 0 Å². The van der Waals surface area contributed by atoms with Gasteiger partial charge in [-0.25, -0.2) is 13.4 Å². The largest absolute Gasteiger partial charge is 0.372 e. The summed E-state index contributed by atoms with van der Waals surface area (Å²) in [5.74, 6) is -0.208. The van der Waals surface area contributed by atoms with Crippen LogP contribution in [0.15, 0.2) is 12.7 Å². The first-order chi connectivity index (χ1) is 10.9. The van der Waals surface area contributed by atoms with Crippen LogP contribution in [0.1, 0.15) is 6.92 Å². The third-order valence-electron chi connectivity index (χ3n) is 4.15. The van der Waals surface area contributed by atoms with Crippen LogP contribution in [-0.2, 0) is 30.7 Å². The minimum Gasteiger partial charge on any atom is -0.372 e. The normalized spacial score (nSPS) is 25.3. The van der Waals surface area contributed by atoms with Gasteiger partial charge in [0.15, 0.2) is 9.84 Å². The van der Waals surface area contributed by atoms with Gasteiger partial charge < -0.3 is 14.4 Å². The van der Waals surface area contributed by atoms with Crippen molar-refractivity contribution in [3.05, 3.63) is 12.7 Å². The molecule has 0 bridgehead atoms. The number of aromatic nitrogens is 3. The van der Waals surface area contributed by atoms with Gasteiger partial charge in [0.25, 0.3) is 0 Å². The van der Waals surface area contributed by atoms with Gasteiger partial charge in [-0.15, -0.1) is 0 Å². The van der Waals surface area contributed by atoms with Gasteiger partial charge in [0.2, 0.25) is 5.91 Å². The van der Waals surface area contributed by atoms with Crippen LogP contribution in [0, 0.1) is 0 Å². The Hall–Kier alpha value is -1.52. The van der Waals surface area contributed by atoms with Gasteiger partial charge in [-0.2, -0.15) is 5.10 Å². The molecule has 0 saturated carbocycles. The number of amides is 1. The van der Waals surface area contributed by atoms with E-state index >= 15 is 0 Å². The molecule has 1 aromatic rings. The van der Waals surface area contributed by atoms with E-state index in [9.17, 15) is 13.2 Å². The van der Waals surface area contributed by atoms with Crippen molar-refractivity contribution in [2.24, 2.45) is 0 Å². The summed E-state index contributed by atoms with van der Waals surface area (Å²) in [5.41, 5.74) is -0.764. The molecule has 0 radical (unpaired) electrons. The van der Waals surface area contributed by atoms with Crippen molar-refractivity contribution < 1.29 is 22.7 Å². The molecular formula is C13H20N4O5S. The SMILES string of the molecule is CCOCC(=O)N1CC2(C1)CS(=O)(=O)[C@@H](Cn1cncn1)CO2. The Balaban J connectivity index is 1.57. The Morgan fingerprint density at radius 2 is 2.26 bits per heavy atom. The highest BCUT2D eigenvalue weighted by molar-refractivity contribution is 7.92. The van der Waals surface area contributed by atoms with E-state index in [4.69, 9.17) is 9.47 Å². The molecule has 9 nitrogen and oxygen atoms in total. The van der Waals surface area contributed by atoms with E-state index in [2.05, 4.69) is 10.1 Å². The van der Waals surface area contributed by atoms with Crippen LogP contribution in [0.25, 0.3) is 0 Å². The lowest BCUT2D eigenvalue weighted by Gasteiger charge is -2.52. The van der Waals surface area contributed by atoms with Crippen molar-refractivity contribution in [3.8, 4) is 0 Å². The lowest BCUT2D eigenvalue weighted by atomic mass is 9.95. The zero-order chi connectivity index (χ0) is 16.5. The van der Waals surface area contributed by atoms with Crippen molar-refractivity contribution >= 4 is 15.7 Å². The number of carbonyl (C=O) groups excluding carboxylic acids is 1. The highest BCUT2D eigenvalue weighted by Crippen LogP contribution is 2.33. The number of rotatable bonds is 5. The van der Waals surface area contributed by atoms with Crippen molar-refractivity contribution in [1.82, 2.24) is 19.7 Å². The summed E-state index contributed by atoms with van der Waals surface area (Å²) in [4.78, 5) is 17.2. The van der Waals surface area contributed by atoms with Crippen molar-refractivity contribution in [2.45, 2.75) is 24.3 Å². The quantitative estimate of drug-likeness (QED) is 0.654. The number of sulfone groups is 1. The first-order valence-electron chi connectivity index (χ1n) is 7.47. The second-order valence-corrected chi connectivity index (χ2v) is 8.21. The van der Waals surface area contributed by atoms with E-state index < -0.39 is 20.7 Å². The van der Waals surface area contributed by atoms with Gasteiger partial charge in [-0.1, -0.05) is 0 Å². The Kier molecular flexibility index (Phi) is 4.39. The second kappa shape index (κ2) is 6.17. The third-order valence-corrected chi connectivity index (χ3v) is 6.37. The fourth-order valence-corrected chi connectivity index (χ4v) is 4.78. The summed E-state index contributed by atoms with van der Waals surface area (Å²) in [6, 6.07) is 0. The number of carbonyl (C=O) groups is 1. The molecule has 2 aliphatic rings. The summed E-state index contributed by atoms with van der Waals surface area (Å²) in [6.45, 7) is 3.24. The van der Waals surface area contributed by atoms with Crippen molar-refractivity contribution in [2.75, 3.05) is 38.7 Å². The van der Waals surface area contributed by atoms with Crippen LogP contribution < -0.4 is 0 Å². The summed E-state index contributed by atoms with van der Waals surface area (Å²) in [6.07, 6.45) is 2.85. The molecule has 23 heavy (non-hydrogen) atoms. The summed E-state index contributed by atoms with van der Waals surface area (Å²) >= 11 is 0. The molecule has 0 aliphatic carbocycles. The molecule has 2 fully saturated rings. The molecule has 10 heteroatoms. The highest BCUT2D eigenvalue weighted by Gasteiger charge is 2.53. The molecule has 3 heterocycles. The average molecular weight is 344 g/mol. The fourth-order valence-electron chi connectivity index (χ4n) is 2.89. The van der Waals surface area contributed by atoms with Crippen LogP contribution in [0.3, 0.4) is 0 Å². The van der Waals surface area contributed by atoms with E-state index in [1.807, 2.05) is 6.92 Å². The highest BCUT2D eigenvalue weighted by atomic mass is 32.2. The molecule has 1 amide bonds. The molecule has 3 rings (SSSR count). The smallest absolute Gasteiger partial charge is 0.248 e. The molecule has 128 valence electrons. The van der Waals surface area contributed by atoms with Crippen LogP contribution >= 0.6 is 0 Å². The zero-order valence-electron chi connectivity index (χ0n) is 12.9. The first-order valence-corrected chi connectivity index (χ1v) is 9.19. The maximum Gasteiger partial charge on any atom is 0.248 e. The number of nitrogens with zero attached hydrogens (tertiary/aromatic N) is 4. The zero-order valence-corrected chi connectivity index (χ0v) is 13.7. The molecule has 0 unspecified atom stereocenters. The number of hydrogen-bond acceptors (Lipinski definition) is 7. The predicted octanol–water partition coefficient (Wildman–Crippen LogP) is -1.29. The molecule has 1 spiro atoms. The minimum absolute atomic E-state index is 0.0221. The van der Waals surface area contributed by atoms with E-state index in [0.29, 0.717) is 19.7 Å². The van der Waals surface area contributed by atoms with Gasteiger partial charge >= 0.3 is 0 Å². The topological polar surface area (TPSA) is 104 Å². The predicted molar refractivity (Wildman–Crippen MR) is 79.4 cm³/mol. The lowest BCUT2D eigenvalue weighted by molar-refractivity contribution is -0.168. The number of ether oxygens (including phenoxy) is 2. The molecule has 1 aromatic heterocycles. The standard InChI is InChI=1S/C13H20N4O5S/c1-2-21-5-12(18)16-6-13(7-16)8-23(19,20)11(4-22-13)3-17-10-14-9-15-17/h9-11H,2-8H2,1H3/t11-/m0/s1. The Labute approximate surface area is 134 Å². The van der Waals surface area contributed by atoms with E-state index in [0.717, 1.165) is 0 Å². The maximum absolute atomic E-state index is 12.5. The molecule has 1 atom stereocenters. The molecule has 2 saturated heterocycles. The van der Waals surface area contributed by atoms with Gasteiger partial charge in [0.1, 0.15) is 30.1 Å². The van der Waals surface area contributed by atoms with Crippen LogP contribution in [-0.4, -0.2) is 83.5 Å². The Bertz CT molecular complexity index is 654. The van der Waals surface area contributed by atoms with Gasteiger partial charge in [-0.05, 0) is 6.92 Å². The minimum atomic E-state index is -3.32. The van der Waals surface area contributed by atoms with Gasteiger partial charge in [-0.3, -0.25) is 9.48 Å². The fraction of sp³-hybridized carbons (Fsp3) is 0.769. The monoisotopic (exact) mass is 344 g/mol. The van der Waals surface area contributed by atoms with E-state index in [1.165, 1.54) is 17.3 Å². The Morgan fingerprint density at radius 1 is 1.48 bits per heavy atom. The van der Waals surface area contributed by atoms with Crippen molar-refractivity contribution in [1.29, 1.82) is 0 Å². The van der Waals surface area contributed by atoms with Crippen LogP contribution in [0.5, 0.6) is 0 Å². The average Bonchev–Trinajstić information content (AvgIpc) is 2.97. The van der Waals surface area contributed by atoms with Crippen molar-refractivity contribution in [3.63, 3.8) is 0 Å². The second-order valence-electron chi connectivity index (χ2n) is 5.93. The van der Waals surface area contributed by atoms with Gasteiger partial charge in [0.05, 0.1) is 32.0 Å². The number of likely N-dealkylation sites (tertiary alicyclic amines) is 1. The maximum atomic E-state index is 12.5. The molecule has 0 aromatic carbocycles. The van der Waals surface area contributed by atoms with E-state index in [1.54, 1.807) is 4.90 Å². The molecular weight excluding hydrogens is 324 g/mol. The summed E-state index contributed by atoms with van der Waals surface area (Å²) in [7, 11) is -3.32. The van der Waals surface area contributed by atoms with Crippen LogP contribution in [0.2, 0.25) is 0 Å². The molecule has 2 aliphatic heterocycles. The van der Waals surface area contributed by atoms with Gasteiger partial charge in [0, 0.05) is 6.61 Å². The van der Waals surface area contributed by atoms with E-state index in [-0.39, 0.29) is 31.4 Å². The Morgan fingerprint density at radius 3 is 2.87 bits per heavy atom. The molecule has 0 N–H and O–H groups in total. The summed E-state index contributed by atoms with van der Waals surface area (Å²) in [5, 5.41) is 3.29. The first kappa shape index (κ1) is 16.3. The summed E-state index contributed by atoms with van der Waals surface area (Å²) < 4.78 is 37.4. The number of hydrogen-bond donors (Lipinski definition) is 0.